The summed E-state index contributed by atoms with van der Waals surface area (Å²) in [5.41, 5.74) is 5.31. The molecule has 5 heteroatoms. The highest BCUT2D eigenvalue weighted by Gasteiger charge is 2.56. The number of nitrogens with one attached hydrogen (secondary N) is 1. The molecule has 1 N–H and O–H groups in total. The van der Waals surface area contributed by atoms with Gasteiger partial charge in [0.05, 0.1) is 4.90 Å². The van der Waals surface area contributed by atoms with Crippen LogP contribution in [0.4, 0.5) is 0 Å². The Balaban J connectivity index is 1.68. The van der Waals surface area contributed by atoms with Crippen LogP contribution in [0.15, 0.2) is 71.9 Å². The fraction of sp³-hybridized carbons (Fsp3) is 0.292. The van der Waals surface area contributed by atoms with Crippen LogP contribution in [0.5, 0.6) is 0 Å². The van der Waals surface area contributed by atoms with E-state index >= 15 is 0 Å². The Labute approximate surface area is 171 Å². The van der Waals surface area contributed by atoms with Gasteiger partial charge in [-0.05, 0) is 73.2 Å². The van der Waals surface area contributed by atoms with Crippen molar-refractivity contribution in [1.29, 1.82) is 0 Å². The lowest BCUT2D eigenvalue weighted by Gasteiger charge is -2.40. The van der Waals surface area contributed by atoms with Gasteiger partial charge in [0.2, 0.25) is 0 Å². The first-order chi connectivity index (χ1) is 14.0. The van der Waals surface area contributed by atoms with Crippen LogP contribution in [-0.4, -0.2) is 26.0 Å². The Morgan fingerprint density at radius 1 is 1.07 bits per heavy atom. The summed E-state index contributed by atoms with van der Waals surface area (Å²) in [5, 5.41) is 3.48. The Kier molecular flexibility index (Phi) is 4.33. The SMILES string of the molecule is Cc1ccc(S(=O)(=O)C23CCNC2CCc2cc(-c4cccnc4)ccc23)cc1. The van der Waals surface area contributed by atoms with Gasteiger partial charge in [-0.25, -0.2) is 8.42 Å². The molecule has 0 spiro atoms. The predicted molar refractivity (Wildman–Crippen MR) is 114 cm³/mol. The van der Waals surface area contributed by atoms with E-state index in [1.165, 1.54) is 0 Å². The number of sulfone groups is 1. The van der Waals surface area contributed by atoms with E-state index in [2.05, 4.69) is 16.4 Å². The Morgan fingerprint density at radius 2 is 1.90 bits per heavy atom. The molecule has 4 nitrogen and oxygen atoms in total. The van der Waals surface area contributed by atoms with Crippen molar-refractivity contribution in [2.24, 2.45) is 0 Å². The summed E-state index contributed by atoms with van der Waals surface area (Å²) in [6.45, 7) is 2.70. The molecule has 1 fully saturated rings. The van der Waals surface area contributed by atoms with Gasteiger partial charge in [0, 0.05) is 18.4 Å². The summed E-state index contributed by atoms with van der Waals surface area (Å²) in [5.74, 6) is 0. The number of pyridine rings is 1. The molecule has 0 saturated carbocycles. The second-order valence-corrected chi connectivity index (χ2v) is 10.3. The fourth-order valence-electron chi connectivity index (χ4n) is 5.05. The molecule has 2 atom stereocenters. The van der Waals surface area contributed by atoms with E-state index in [0.717, 1.165) is 47.2 Å². The average Bonchev–Trinajstić information content (AvgIpc) is 3.20. The fourth-order valence-corrected chi connectivity index (χ4v) is 7.40. The number of aromatic nitrogens is 1. The highest BCUT2D eigenvalue weighted by atomic mass is 32.2. The number of rotatable bonds is 3. The minimum Gasteiger partial charge on any atom is -0.312 e. The molecule has 1 aliphatic heterocycles. The van der Waals surface area contributed by atoms with Crippen molar-refractivity contribution in [3.05, 3.63) is 83.7 Å². The van der Waals surface area contributed by atoms with Gasteiger partial charge >= 0.3 is 0 Å². The lowest BCUT2D eigenvalue weighted by atomic mass is 9.78. The van der Waals surface area contributed by atoms with Crippen molar-refractivity contribution in [2.45, 2.75) is 41.9 Å². The standard InChI is InChI=1S/C24H24N2O2S/c1-17-4-8-21(9-5-17)29(27,28)24-12-14-26-23(24)11-7-19-15-18(6-10-22(19)24)20-3-2-13-25-16-20/h2-6,8-10,13,15-16,23,26H,7,11-12,14H2,1H3. The van der Waals surface area contributed by atoms with E-state index in [9.17, 15) is 8.42 Å². The third kappa shape index (κ3) is 2.75. The molecule has 1 saturated heterocycles. The lowest BCUT2D eigenvalue weighted by molar-refractivity contribution is 0.416. The van der Waals surface area contributed by atoms with E-state index in [0.29, 0.717) is 11.3 Å². The topological polar surface area (TPSA) is 59.1 Å². The summed E-state index contributed by atoms with van der Waals surface area (Å²) >= 11 is 0. The maximum atomic E-state index is 14.0. The number of hydrogen-bond acceptors (Lipinski definition) is 4. The maximum Gasteiger partial charge on any atom is 0.189 e. The molecular weight excluding hydrogens is 380 g/mol. The zero-order valence-corrected chi connectivity index (χ0v) is 17.2. The van der Waals surface area contributed by atoms with Gasteiger partial charge < -0.3 is 5.32 Å². The van der Waals surface area contributed by atoms with E-state index in [-0.39, 0.29) is 6.04 Å². The Bertz CT molecular complexity index is 1160. The number of aryl methyl sites for hydroxylation is 2. The molecule has 0 bridgehead atoms. The molecule has 0 amide bonds. The van der Waals surface area contributed by atoms with Gasteiger partial charge in [-0.2, -0.15) is 0 Å². The minimum absolute atomic E-state index is 0.0504. The van der Waals surface area contributed by atoms with Crippen molar-refractivity contribution in [3.8, 4) is 11.1 Å². The van der Waals surface area contributed by atoms with Crippen LogP contribution >= 0.6 is 0 Å². The lowest BCUT2D eigenvalue weighted by Crippen LogP contribution is -2.49. The molecule has 3 aromatic rings. The summed E-state index contributed by atoms with van der Waals surface area (Å²) in [6, 6.07) is 17.4. The molecule has 1 aliphatic carbocycles. The van der Waals surface area contributed by atoms with Crippen molar-refractivity contribution in [3.63, 3.8) is 0 Å². The van der Waals surface area contributed by atoms with E-state index in [1.54, 1.807) is 18.3 Å². The third-order valence-corrected chi connectivity index (χ3v) is 9.08. The largest absolute Gasteiger partial charge is 0.312 e. The third-order valence-electron chi connectivity index (χ3n) is 6.52. The van der Waals surface area contributed by atoms with Crippen molar-refractivity contribution >= 4 is 9.84 Å². The highest BCUT2D eigenvalue weighted by molar-refractivity contribution is 7.92. The predicted octanol–water partition coefficient (Wildman–Crippen LogP) is 4.03. The van der Waals surface area contributed by atoms with Crippen molar-refractivity contribution < 1.29 is 8.42 Å². The van der Waals surface area contributed by atoms with Gasteiger partial charge in [0.15, 0.2) is 9.84 Å². The summed E-state index contributed by atoms with van der Waals surface area (Å²) in [7, 11) is -3.54. The van der Waals surface area contributed by atoms with Gasteiger partial charge in [0.25, 0.3) is 0 Å². The molecule has 0 radical (unpaired) electrons. The first kappa shape index (κ1) is 18.5. The molecule has 29 heavy (non-hydrogen) atoms. The van der Waals surface area contributed by atoms with E-state index in [4.69, 9.17) is 0 Å². The van der Waals surface area contributed by atoms with Crippen molar-refractivity contribution in [2.75, 3.05) is 6.54 Å². The van der Waals surface area contributed by atoms with Gasteiger partial charge in [0.1, 0.15) is 4.75 Å². The molecule has 148 valence electrons. The van der Waals surface area contributed by atoms with E-state index < -0.39 is 14.6 Å². The number of hydrogen-bond donors (Lipinski definition) is 1. The summed E-state index contributed by atoms with van der Waals surface area (Å²) < 4.78 is 27.0. The van der Waals surface area contributed by atoms with Crippen LogP contribution in [0.2, 0.25) is 0 Å². The van der Waals surface area contributed by atoms with Crippen molar-refractivity contribution in [1.82, 2.24) is 10.3 Å². The number of nitrogens with zero attached hydrogens (tertiary/aromatic N) is 1. The van der Waals surface area contributed by atoms with Gasteiger partial charge in [-0.3, -0.25) is 4.98 Å². The monoisotopic (exact) mass is 404 g/mol. The minimum atomic E-state index is -3.54. The second kappa shape index (κ2) is 6.78. The van der Waals surface area contributed by atoms with Gasteiger partial charge in [-0.15, -0.1) is 0 Å². The molecular formula is C24H24N2O2S. The van der Waals surface area contributed by atoms with Gasteiger partial charge in [-0.1, -0.05) is 42.0 Å². The molecule has 2 aromatic carbocycles. The zero-order valence-electron chi connectivity index (χ0n) is 16.4. The molecule has 1 aromatic heterocycles. The summed E-state index contributed by atoms with van der Waals surface area (Å²) in [6.07, 6.45) is 5.93. The second-order valence-electron chi connectivity index (χ2n) is 8.11. The highest BCUT2D eigenvalue weighted by Crippen LogP contribution is 2.50. The van der Waals surface area contributed by atoms with Crippen LogP contribution < -0.4 is 5.32 Å². The normalized spacial score (nSPS) is 23.4. The number of benzene rings is 2. The van der Waals surface area contributed by atoms with Crippen LogP contribution in [0.25, 0.3) is 11.1 Å². The quantitative estimate of drug-likeness (QED) is 0.716. The maximum absolute atomic E-state index is 14.0. The van der Waals surface area contributed by atoms with Crippen LogP contribution in [0.1, 0.15) is 29.5 Å². The first-order valence-corrected chi connectivity index (χ1v) is 11.6. The van der Waals surface area contributed by atoms with E-state index in [1.807, 2.05) is 49.5 Å². The van der Waals surface area contributed by atoms with Crippen LogP contribution in [0.3, 0.4) is 0 Å². The Hall–Kier alpha value is -2.50. The zero-order chi connectivity index (χ0) is 20.1. The smallest absolute Gasteiger partial charge is 0.189 e. The molecule has 2 heterocycles. The Morgan fingerprint density at radius 3 is 2.66 bits per heavy atom. The summed E-state index contributed by atoms with van der Waals surface area (Å²) in [4.78, 5) is 4.64. The number of fused-ring (bicyclic) bond motifs is 3. The van der Waals surface area contributed by atoms with Crippen LogP contribution in [0, 0.1) is 6.92 Å². The first-order valence-electron chi connectivity index (χ1n) is 10.1. The molecule has 2 unspecified atom stereocenters. The van der Waals surface area contributed by atoms with Crippen LogP contribution in [-0.2, 0) is 21.0 Å². The average molecular weight is 405 g/mol. The molecule has 5 rings (SSSR count). The molecule has 2 aliphatic rings.